The molecule has 0 saturated carbocycles. The lowest BCUT2D eigenvalue weighted by Crippen LogP contribution is -2.24. The van der Waals surface area contributed by atoms with Crippen LogP contribution in [0.4, 0.5) is 5.82 Å². The van der Waals surface area contributed by atoms with E-state index in [1.807, 2.05) is 35.8 Å². The molecule has 2 aromatic heterocycles. The van der Waals surface area contributed by atoms with Crippen molar-refractivity contribution in [3.05, 3.63) is 36.2 Å². The van der Waals surface area contributed by atoms with Gasteiger partial charge >= 0.3 is 5.97 Å². The molecule has 1 unspecified atom stereocenters. The average Bonchev–Trinajstić information content (AvgIpc) is 2.83. The Balaban J connectivity index is 2.46. The third kappa shape index (κ3) is 3.42. The standard InChI is InChI=1S/C16H21N3O2/c1-4-12(2)11-18(3)16-13(8-9-15(20)21)19-10-6-5-7-14(19)17-16/h5-10,12H,4,11H2,1-3H3,(H,20,21)/b9-8+. The van der Waals surface area contributed by atoms with E-state index in [0.717, 1.165) is 36.2 Å². The minimum absolute atomic E-state index is 0.552. The topological polar surface area (TPSA) is 57.8 Å². The summed E-state index contributed by atoms with van der Waals surface area (Å²) in [6, 6.07) is 5.75. The number of aliphatic carboxylic acids is 1. The molecule has 0 spiro atoms. The zero-order valence-corrected chi connectivity index (χ0v) is 12.7. The molecule has 1 atom stereocenters. The lowest BCUT2D eigenvalue weighted by Gasteiger charge is -2.21. The molecule has 0 amide bonds. The van der Waals surface area contributed by atoms with E-state index in [1.54, 1.807) is 6.08 Å². The van der Waals surface area contributed by atoms with Gasteiger partial charge < -0.3 is 10.0 Å². The fourth-order valence-corrected chi connectivity index (χ4v) is 2.27. The number of carbonyl (C=O) groups is 1. The van der Waals surface area contributed by atoms with Crippen LogP contribution in [-0.2, 0) is 4.79 Å². The highest BCUT2D eigenvalue weighted by Crippen LogP contribution is 2.23. The zero-order chi connectivity index (χ0) is 15.4. The predicted octanol–water partition coefficient (Wildman–Crippen LogP) is 2.91. The van der Waals surface area contributed by atoms with Gasteiger partial charge in [-0.1, -0.05) is 26.3 Å². The second-order valence-electron chi connectivity index (χ2n) is 5.32. The Morgan fingerprint density at radius 3 is 2.95 bits per heavy atom. The van der Waals surface area contributed by atoms with Crippen molar-refractivity contribution >= 4 is 23.5 Å². The fraction of sp³-hybridized carbons (Fsp3) is 0.375. The van der Waals surface area contributed by atoms with E-state index in [-0.39, 0.29) is 0 Å². The molecular weight excluding hydrogens is 266 g/mol. The maximum atomic E-state index is 10.8. The van der Waals surface area contributed by atoms with Gasteiger partial charge in [-0.05, 0) is 24.1 Å². The van der Waals surface area contributed by atoms with Crippen molar-refractivity contribution in [3.63, 3.8) is 0 Å². The predicted molar refractivity (Wildman–Crippen MR) is 84.6 cm³/mol. The minimum Gasteiger partial charge on any atom is -0.478 e. The normalized spacial score (nSPS) is 12.9. The molecular formula is C16H21N3O2. The van der Waals surface area contributed by atoms with Gasteiger partial charge in [0.25, 0.3) is 0 Å². The average molecular weight is 287 g/mol. The second kappa shape index (κ2) is 6.43. The molecule has 2 rings (SSSR count). The molecule has 0 aliphatic heterocycles. The lowest BCUT2D eigenvalue weighted by atomic mass is 10.1. The number of imidazole rings is 1. The molecule has 0 radical (unpaired) electrons. The van der Waals surface area contributed by atoms with Crippen molar-refractivity contribution in [2.24, 2.45) is 5.92 Å². The van der Waals surface area contributed by atoms with Crippen LogP contribution < -0.4 is 4.90 Å². The molecule has 21 heavy (non-hydrogen) atoms. The minimum atomic E-state index is -0.962. The van der Waals surface area contributed by atoms with Crippen molar-refractivity contribution in [1.29, 1.82) is 0 Å². The van der Waals surface area contributed by atoms with Gasteiger partial charge in [-0.2, -0.15) is 0 Å². The molecule has 2 heterocycles. The van der Waals surface area contributed by atoms with Gasteiger partial charge in [0.1, 0.15) is 5.65 Å². The molecule has 0 saturated heterocycles. The Morgan fingerprint density at radius 2 is 2.29 bits per heavy atom. The van der Waals surface area contributed by atoms with Crippen LogP contribution in [0.2, 0.25) is 0 Å². The summed E-state index contributed by atoms with van der Waals surface area (Å²) in [5.74, 6) is 0.395. The van der Waals surface area contributed by atoms with Gasteiger partial charge in [-0.15, -0.1) is 0 Å². The largest absolute Gasteiger partial charge is 0.478 e. The van der Waals surface area contributed by atoms with E-state index in [4.69, 9.17) is 5.11 Å². The van der Waals surface area contributed by atoms with Gasteiger partial charge in [0, 0.05) is 25.9 Å². The highest BCUT2D eigenvalue weighted by molar-refractivity contribution is 5.86. The van der Waals surface area contributed by atoms with Crippen LogP contribution >= 0.6 is 0 Å². The van der Waals surface area contributed by atoms with Gasteiger partial charge in [0.15, 0.2) is 5.82 Å². The smallest absolute Gasteiger partial charge is 0.328 e. The molecule has 5 heteroatoms. The summed E-state index contributed by atoms with van der Waals surface area (Å²) in [5, 5.41) is 8.87. The SMILES string of the molecule is CCC(C)CN(C)c1nc2ccccn2c1/C=C/C(=O)O. The van der Waals surface area contributed by atoms with Crippen molar-refractivity contribution in [1.82, 2.24) is 9.38 Å². The van der Waals surface area contributed by atoms with E-state index < -0.39 is 5.97 Å². The van der Waals surface area contributed by atoms with E-state index in [2.05, 4.69) is 23.7 Å². The number of hydrogen-bond acceptors (Lipinski definition) is 3. The molecule has 0 aliphatic carbocycles. The molecule has 0 aliphatic rings. The van der Waals surface area contributed by atoms with Crippen molar-refractivity contribution in [3.8, 4) is 0 Å². The van der Waals surface area contributed by atoms with Crippen LogP contribution in [0.5, 0.6) is 0 Å². The number of pyridine rings is 1. The number of aromatic nitrogens is 2. The number of nitrogens with zero attached hydrogens (tertiary/aromatic N) is 3. The fourth-order valence-electron chi connectivity index (χ4n) is 2.27. The third-order valence-corrected chi connectivity index (χ3v) is 3.58. The van der Waals surface area contributed by atoms with E-state index >= 15 is 0 Å². The Kier molecular flexibility index (Phi) is 4.62. The van der Waals surface area contributed by atoms with E-state index in [1.165, 1.54) is 0 Å². The summed E-state index contributed by atoms with van der Waals surface area (Å²) in [6.07, 6.45) is 5.74. The molecule has 0 aromatic carbocycles. The number of hydrogen-bond donors (Lipinski definition) is 1. The molecule has 1 N–H and O–H groups in total. The van der Waals surface area contributed by atoms with Gasteiger partial charge in [0.2, 0.25) is 0 Å². The molecule has 112 valence electrons. The second-order valence-corrected chi connectivity index (χ2v) is 5.32. The van der Waals surface area contributed by atoms with Crippen molar-refractivity contribution < 1.29 is 9.90 Å². The number of fused-ring (bicyclic) bond motifs is 1. The Morgan fingerprint density at radius 1 is 1.52 bits per heavy atom. The molecule has 5 nitrogen and oxygen atoms in total. The first-order valence-corrected chi connectivity index (χ1v) is 7.12. The highest BCUT2D eigenvalue weighted by atomic mass is 16.4. The molecule has 0 fully saturated rings. The van der Waals surface area contributed by atoms with Crippen LogP contribution in [-0.4, -0.2) is 34.1 Å². The molecule has 2 aromatic rings. The van der Waals surface area contributed by atoms with Crippen LogP contribution in [0.1, 0.15) is 26.0 Å². The van der Waals surface area contributed by atoms with Crippen molar-refractivity contribution in [2.75, 3.05) is 18.5 Å². The molecule has 0 bridgehead atoms. The van der Waals surface area contributed by atoms with Crippen LogP contribution in [0.3, 0.4) is 0 Å². The zero-order valence-electron chi connectivity index (χ0n) is 12.7. The first-order valence-electron chi connectivity index (χ1n) is 7.12. The number of rotatable bonds is 6. The summed E-state index contributed by atoms with van der Waals surface area (Å²) >= 11 is 0. The first kappa shape index (κ1) is 15.1. The van der Waals surface area contributed by atoms with Crippen molar-refractivity contribution in [2.45, 2.75) is 20.3 Å². The number of carboxylic acids is 1. The quantitative estimate of drug-likeness (QED) is 0.830. The van der Waals surface area contributed by atoms with Gasteiger partial charge in [0.05, 0.1) is 5.69 Å². The first-order chi connectivity index (χ1) is 10.0. The van der Waals surface area contributed by atoms with Gasteiger partial charge in [-0.3, -0.25) is 4.40 Å². The van der Waals surface area contributed by atoms with Crippen LogP contribution in [0.25, 0.3) is 11.7 Å². The Bertz CT molecular complexity index is 661. The van der Waals surface area contributed by atoms with Gasteiger partial charge in [-0.25, -0.2) is 9.78 Å². The monoisotopic (exact) mass is 287 g/mol. The third-order valence-electron chi connectivity index (χ3n) is 3.58. The van der Waals surface area contributed by atoms with E-state index in [0.29, 0.717) is 5.92 Å². The maximum Gasteiger partial charge on any atom is 0.328 e. The lowest BCUT2D eigenvalue weighted by molar-refractivity contribution is -0.131. The van der Waals surface area contributed by atoms with Crippen LogP contribution in [0.15, 0.2) is 30.5 Å². The number of carboxylic acid groups (broad SMARTS) is 1. The van der Waals surface area contributed by atoms with Crippen LogP contribution in [0, 0.1) is 5.92 Å². The summed E-state index contributed by atoms with van der Waals surface area (Å²) in [4.78, 5) is 17.5. The summed E-state index contributed by atoms with van der Waals surface area (Å²) < 4.78 is 1.90. The summed E-state index contributed by atoms with van der Waals surface area (Å²) in [5.41, 5.74) is 1.60. The summed E-state index contributed by atoms with van der Waals surface area (Å²) in [7, 11) is 1.99. The Labute approximate surface area is 124 Å². The maximum absolute atomic E-state index is 10.8. The number of anilines is 1. The summed E-state index contributed by atoms with van der Waals surface area (Å²) in [6.45, 7) is 5.24. The van der Waals surface area contributed by atoms with E-state index in [9.17, 15) is 4.79 Å². The Hall–Kier alpha value is -2.30. The highest BCUT2D eigenvalue weighted by Gasteiger charge is 2.15.